The van der Waals surface area contributed by atoms with E-state index in [1.165, 1.54) is 16.8 Å². The van der Waals surface area contributed by atoms with E-state index in [1.807, 2.05) is 0 Å². The molecule has 3 heteroatoms. The Morgan fingerprint density at radius 1 is 1.47 bits per heavy atom. The first kappa shape index (κ1) is 12.0. The van der Waals surface area contributed by atoms with E-state index in [0.717, 1.165) is 0 Å². The molecular weight excluding hydrogens is 204 g/mol. The number of anilines is 1. The lowest BCUT2D eigenvalue weighted by Crippen LogP contribution is -2.21. The van der Waals surface area contributed by atoms with Crippen LogP contribution in [-0.4, -0.2) is 11.5 Å². The Bertz CT molecular complexity index is 359. The number of hydrogen-bond acceptors (Lipinski definition) is 2. The smallest absolute Gasteiger partial charge is 0.0921 e. The van der Waals surface area contributed by atoms with Gasteiger partial charge in [-0.1, -0.05) is 44.3 Å². The maximum Gasteiger partial charge on any atom is 0.0921 e. The molecule has 0 aromatic heterocycles. The summed E-state index contributed by atoms with van der Waals surface area (Å²) in [5.74, 6) is 0.499. The molecule has 0 atom stereocenters. The number of aryl methyl sites for hydroxylation is 1. The van der Waals surface area contributed by atoms with Gasteiger partial charge in [-0.15, -0.1) is 0 Å². The van der Waals surface area contributed by atoms with E-state index in [9.17, 15) is 0 Å². The fraction of sp³-hybridized carbons (Fsp3) is 0.417. The number of hydrogen-bond donors (Lipinski definition) is 2. The molecule has 0 aliphatic rings. The first-order valence-corrected chi connectivity index (χ1v) is 5.55. The Morgan fingerprint density at radius 2 is 2.13 bits per heavy atom. The summed E-state index contributed by atoms with van der Waals surface area (Å²) >= 11 is 4.86. The Morgan fingerprint density at radius 3 is 2.67 bits per heavy atom. The van der Waals surface area contributed by atoms with Crippen molar-refractivity contribution < 1.29 is 0 Å². The average molecular weight is 222 g/mol. The first-order chi connectivity index (χ1) is 7.02. The second kappa shape index (κ2) is 5.12. The lowest BCUT2D eigenvalue weighted by atomic mass is 9.98. The van der Waals surface area contributed by atoms with Gasteiger partial charge in [0.1, 0.15) is 0 Å². The van der Waals surface area contributed by atoms with Crippen molar-refractivity contribution in [2.45, 2.75) is 26.7 Å². The molecule has 0 aliphatic carbocycles. The minimum Gasteiger partial charge on any atom is -0.392 e. The third-order valence-corrected chi connectivity index (χ3v) is 2.51. The molecule has 1 rings (SSSR count). The Hall–Kier alpha value is -1.09. The van der Waals surface area contributed by atoms with Crippen molar-refractivity contribution in [1.29, 1.82) is 0 Å². The summed E-state index contributed by atoms with van der Waals surface area (Å²) in [4.78, 5) is 0.493. The van der Waals surface area contributed by atoms with Crippen molar-refractivity contribution in [2.24, 2.45) is 5.73 Å². The fourth-order valence-corrected chi connectivity index (χ4v) is 1.66. The van der Waals surface area contributed by atoms with Crippen molar-refractivity contribution in [3.05, 3.63) is 29.3 Å². The number of nitrogens with one attached hydrogen (secondary N) is 1. The molecule has 0 saturated carbocycles. The molecule has 82 valence electrons. The number of rotatable bonds is 4. The molecule has 0 fully saturated rings. The molecule has 2 nitrogen and oxygen atoms in total. The summed E-state index contributed by atoms with van der Waals surface area (Å²) in [6.45, 7) is 7.01. The van der Waals surface area contributed by atoms with E-state index in [-0.39, 0.29) is 0 Å². The van der Waals surface area contributed by atoms with Crippen molar-refractivity contribution in [1.82, 2.24) is 0 Å². The van der Waals surface area contributed by atoms with Crippen LogP contribution in [0.15, 0.2) is 18.2 Å². The van der Waals surface area contributed by atoms with Crippen LogP contribution in [0.5, 0.6) is 0 Å². The van der Waals surface area contributed by atoms with Gasteiger partial charge in [0.2, 0.25) is 0 Å². The molecular formula is C12H18N2S. The molecule has 0 radical (unpaired) electrons. The van der Waals surface area contributed by atoms with Gasteiger partial charge >= 0.3 is 0 Å². The molecule has 0 amide bonds. The first-order valence-electron chi connectivity index (χ1n) is 5.14. The van der Waals surface area contributed by atoms with Gasteiger partial charge in [-0.3, -0.25) is 0 Å². The molecule has 0 heterocycles. The van der Waals surface area contributed by atoms with Crippen LogP contribution in [-0.2, 0) is 0 Å². The molecule has 0 spiro atoms. The normalized spacial score (nSPS) is 10.4. The summed E-state index contributed by atoms with van der Waals surface area (Å²) < 4.78 is 0. The number of para-hydroxylation sites is 1. The lowest BCUT2D eigenvalue weighted by Gasteiger charge is -2.16. The molecule has 0 bridgehead atoms. The SMILES string of the molecule is Cc1cccc(C(C)C)c1NCC(N)=S. The maximum atomic E-state index is 5.49. The van der Waals surface area contributed by atoms with Crippen molar-refractivity contribution >= 4 is 22.9 Å². The Labute approximate surface area is 96.9 Å². The molecule has 3 N–H and O–H groups in total. The molecule has 15 heavy (non-hydrogen) atoms. The third-order valence-electron chi connectivity index (χ3n) is 2.37. The largest absolute Gasteiger partial charge is 0.392 e. The minimum atomic E-state index is 0.493. The van der Waals surface area contributed by atoms with Gasteiger partial charge in [0.25, 0.3) is 0 Å². The lowest BCUT2D eigenvalue weighted by molar-refractivity contribution is 0.866. The van der Waals surface area contributed by atoms with E-state index in [1.54, 1.807) is 0 Å². The van der Waals surface area contributed by atoms with Gasteiger partial charge in [-0.05, 0) is 24.0 Å². The molecule has 1 aromatic rings. The van der Waals surface area contributed by atoms with Crippen LogP contribution >= 0.6 is 12.2 Å². The number of benzene rings is 1. The quantitative estimate of drug-likeness (QED) is 0.769. The Kier molecular flexibility index (Phi) is 4.09. The topological polar surface area (TPSA) is 38.0 Å². The highest BCUT2D eigenvalue weighted by Gasteiger charge is 2.08. The molecule has 0 aliphatic heterocycles. The second-order valence-corrected chi connectivity index (χ2v) is 4.54. The van der Waals surface area contributed by atoms with E-state index in [2.05, 4.69) is 44.3 Å². The maximum absolute atomic E-state index is 5.49. The molecule has 0 saturated heterocycles. The van der Waals surface area contributed by atoms with Gasteiger partial charge in [-0.2, -0.15) is 0 Å². The number of nitrogens with two attached hydrogens (primary N) is 1. The van der Waals surface area contributed by atoms with E-state index in [0.29, 0.717) is 17.5 Å². The zero-order valence-corrected chi connectivity index (χ0v) is 10.3. The van der Waals surface area contributed by atoms with Gasteiger partial charge in [0.15, 0.2) is 0 Å². The third kappa shape index (κ3) is 3.20. The summed E-state index contributed by atoms with van der Waals surface area (Å²) in [6.07, 6.45) is 0. The van der Waals surface area contributed by atoms with Crippen LogP contribution < -0.4 is 11.1 Å². The van der Waals surface area contributed by atoms with Crippen molar-refractivity contribution in [2.75, 3.05) is 11.9 Å². The van der Waals surface area contributed by atoms with Crippen LogP contribution in [0.1, 0.15) is 30.9 Å². The predicted molar refractivity (Wildman–Crippen MR) is 70.5 cm³/mol. The van der Waals surface area contributed by atoms with Crippen LogP contribution in [0.3, 0.4) is 0 Å². The molecule has 0 unspecified atom stereocenters. The number of thiocarbonyl (C=S) groups is 1. The fourth-order valence-electron chi connectivity index (χ4n) is 1.59. The van der Waals surface area contributed by atoms with Crippen LogP contribution in [0.4, 0.5) is 5.69 Å². The summed E-state index contributed by atoms with van der Waals surface area (Å²) in [6, 6.07) is 6.31. The minimum absolute atomic E-state index is 0.493. The highest BCUT2D eigenvalue weighted by molar-refractivity contribution is 7.80. The zero-order chi connectivity index (χ0) is 11.4. The van der Waals surface area contributed by atoms with E-state index < -0.39 is 0 Å². The standard InChI is InChI=1S/C12H18N2S/c1-8(2)10-6-4-5-9(3)12(10)14-7-11(13)15/h4-6,8,14H,7H2,1-3H3,(H2,13,15). The highest BCUT2D eigenvalue weighted by Crippen LogP contribution is 2.26. The van der Waals surface area contributed by atoms with Crippen LogP contribution in [0.2, 0.25) is 0 Å². The monoisotopic (exact) mass is 222 g/mol. The summed E-state index contributed by atoms with van der Waals surface area (Å²) in [5, 5.41) is 3.30. The van der Waals surface area contributed by atoms with Gasteiger partial charge < -0.3 is 11.1 Å². The van der Waals surface area contributed by atoms with Crippen LogP contribution in [0, 0.1) is 6.92 Å². The summed E-state index contributed by atoms with van der Waals surface area (Å²) in [7, 11) is 0. The van der Waals surface area contributed by atoms with E-state index >= 15 is 0 Å². The van der Waals surface area contributed by atoms with Crippen molar-refractivity contribution in [3.8, 4) is 0 Å². The highest BCUT2D eigenvalue weighted by atomic mass is 32.1. The van der Waals surface area contributed by atoms with Gasteiger partial charge in [0, 0.05) is 5.69 Å². The average Bonchev–Trinajstić information content (AvgIpc) is 2.15. The second-order valence-electron chi connectivity index (χ2n) is 4.01. The summed E-state index contributed by atoms with van der Waals surface area (Å²) in [5.41, 5.74) is 9.20. The van der Waals surface area contributed by atoms with Crippen LogP contribution in [0.25, 0.3) is 0 Å². The van der Waals surface area contributed by atoms with Gasteiger partial charge in [-0.25, -0.2) is 0 Å². The van der Waals surface area contributed by atoms with Crippen molar-refractivity contribution in [3.63, 3.8) is 0 Å². The Balaban J connectivity index is 2.97. The van der Waals surface area contributed by atoms with Gasteiger partial charge in [0.05, 0.1) is 11.5 Å². The predicted octanol–water partition coefficient (Wildman–Crippen LogP) is 2.82. The zero-order valence-electron chi connectivity index (χ0n) is 9.50. The molecule has 1 aromatic carbocycles. The van der Waals surface area contributed by atoms with E-state index in [4.69, 9.17) is 18.0 Å².